The molecule has 1 unspecified atom stereocenters. The number of rotatable bonds is 6. The van der Waals surface area contributed by atoms with Gasteiger partial charge in [0, 0.05) is 25.3 Å². The van der Waals surface area contributed by atoms with Crippen molar-refractivity contribution in [2.45, 2.75) is 57.6 Å². The Labute approximate surface area is 140 Å². The van der Waals surface area contributed by atoms with Crippen LogP contribution in [0.1, 0.15) is 43.4 Å². The molecule has 24 heavy (non-hydrogen) atoms. The summed E-state index contributed by atoms with van der Waals surface area (Å²) in [4.78, 5) is 21.4. The Morgan fingerprint density at radius 3 is 3.12 bits per heavy atom. The molecule has 3 heterocycles. The van der Waals surface area contributed by atoms with Gasteiger partial charge in [-0.2, -0.15) is 9.50 Å². The summed E-state index contributed by atoms with van der Waals surface area (Å²) in [5.74, 6) is 0.511. The van der Waals surface area contributed by atoms with Crippen LogP contribution in [0, 0.1) is 0 Å². The van der Waals surface area contributed by atoms with Gasteiger partial charge in [0.2, 0.25) is 0 Å². The molecule has 1 saturated heterocycles. The number of aryl methyl sites for hydroxylation is 2. The summed E-state index contributed by atoms with van der Waals surface area (Å²) in [5.41, 5.74) is 1.84. The third-order valence-electron chi connectivity index (χ3n) is 4.88. The summed E-state index contributed by atoms with van der Waals surface area (Å²) in [6.45, 7) is 2.88. The van der Waals surface area contributed by atoms with Crippen molar-refractivity contribution in [3.05, 3.63) is 27.9 Å². The number of hydrogen-bond acceptors (Lipinski definition) is 5. The van der Waals surface area contributed by atoms with Gasteiger partial charge in [-0.1, -0.05) is 0 Å². The fourth-order valence-corrected chi connectivity index (χ4v) is 3.59. The SMILES string of the molecule is O=c1c2c(nc3ncn(CCCOCC4CCCCO4)n13)CCC2. The first kappa shape index (κ1) is 15.8. The van der Waals surface area contributed by atoms with Crippen LogP contribution in [0.2, 0.25) is 0 Å². The van der Waals surface area contributed by atoms with Crippen LogP contribution in [0.15, 0.2) is 11.1 Å². The lowest BCUT2D eigenvalue weighted by Crippen LogP contribution is -2.26. The molecule has 1 aliphatic carbocycles. The van der Waals surface area contributed by atoms with Crippen molar-refractivity contribution < 1.29 is 9.47 Å². The maximum atomic E-state index is 12.6. The molecular weight excluding hydrogens is 308 g/mol. The van der Waals surface area contributed by atoms with E-state index in [1.54, 1.807) is 10.8 Å². The zero-order valence-electron chi connectivity index (χ0n) is 13.9. The Kier molecular flexibility index (Phi) is 4.62. The van der Waals surface area contributed by atoms with E-state index in [9.17, 15) is 4.79 Å². The molecule has 0 bridgehead atoms. The molecular formula is C17H24N4O3. The standard InChI is InChI=1S/C17H24N4O3/c22-16-14-6-3-7-15(14)19-17-18-12-20(21(16)17)8-4-9-23-11-13-5-1-2-10-24-13/h12-13H,1-11H2. The van der Waals surface area contributed by atoms with Gasteiger partial charge in [-0.05, 0) is 44.9 Å². The second kappa shape index (κ2) is 7.03. The number of nitrogens with zero attached hydrogens (tertiary/aromatic N) is 4. The molecule has 2 aromatic rings. The summed E-state index contributed by atoms with van der Waals surface area (Å²) < 4.78 is 14.8. The van der Waals surface area contributed by atoms with E-state index in [0.717, 1.165) is 56.4 Å². The van der Waals surface area contributed by atoms with Gasteiger partial charge >= 0.3 is 0 Å². The molecule has 0 N–H and O–H groups in total. The average molecular weight is 332 g/mol. The second-order valence-electron chi connectivity index (χ2n) is 6.63. The van der Waals surface area contributed by atoms with E-state index in [-0.39, 0.29) is 11.7 Å². The van der Waals surface area contributed by atoms with Gasteiger partial charge in [0.1, 0.15) is 6.33 Å². The van der Waals surface area contributed by atoms with E-state index in [1.165, 1.54) is 6.42 Å². The highest BCUT2D eigenvalue weighted by Gasteiger charge is 2.20. The second-order valence-corrected chi connectivity index (χ2v) is 6.63. The molecule has 0 radical (unpaired) electrons. The number of hydrogen-bond donors (Lipinski definition) is 0. The quantitative estimate of drug-likeness (QED) is 0.747. The van der Waals surface area contributed by atoms with Gasteiger partial charge in [0.15, 0.2) is 0 Å². The third-order valence-corrected chi connectivity index (χ3v) is 4.88. The average Bonchev–Trinajstić information content (AvgIpc) is 3.23. The summed E-state index contributed by atoms with van der Waals surface area (Å²) >= 11 is 0. The van der Waals surface area contributed by atoms with Gasteiger partial charge in [0.25, 0.3) is 11.3 Å². The Morgan fingerprint density at radius 1 is 1.29 bits per heavy atom. The molecule has 130 valence electrons. The zero-order chi connectivity index (χ0) is 16.4. The lowest BCUT2D eigenvalue weighted by molar-refractivity contribution is -0.0413. The van der Waals surface area contributed by atoms with Crippen molar-refractivity contribution in [2.24, 2.45) is 0 Å². The topological polar surface area (TPSA) is 70.7 Å². The fraction of sp³-hybridized carbons (Fsp3) is 0.706. The van der Waals surface area contributed by atoms with Crippen molar-refractivity contribution in [1.29, 1.82) is 0 Å². The van der Waals surface area contributed by atoms with E-state index < -0.39 is 0 Å². The molecule has 4 rings (SSSR count). The van der Waals surface area contributed by atoms with Gasteiger partial charge in [-0.25, -0.2) is 4.98 Å². The molecule has 2 aliphatic rings. The third kappa shape index (κ3) is 3.10. The molecule has 0 aromatic carbocycles. The Hall–Kier alpha value is -1.73. The molecule has 2 aromatic heterocycles. The Morgan fingerprint density at radius 2 is 2.25 bits per heavy atom. The van der Waals surface area contributed by atoms with Crippen LogP contribution in [0.4, 0.5) is 0 Å². The molecule has 7 heteroatoms. The van der Waals surface area contributed by atoms with E-state index >= 15 is 0 Å². The van der Waals surface area contributed by atoms with Gasteiger partial charge in [-0.15, -0.1) is 0 Å². The van der Waals surface area contributed by atoms with Crippen molar-refractivity contribution in [3.63, 3.8) is 0 Å². The fourth-order valence-electron chi connectivity index (χ4n) is 3.59. The van der Waals surface area contributed by atoms with E-state index in [0.29, 0.717) is 25.5 Å². The van der Waals surface area contributed by atoms with Gasteiger partial charge in [-0.3, -0.25) is 9.48 Å². The van der Waals surface area contributed by atoms with E-state index in [2.05, 4.69) is 9.97 Å². The van der Waals surface area contributed by atoms with Crippen LogP contribution in [-0.4, -0.2) is 45.1 Å². The largest absolute Gasteiger partial charge is 0.379 e. The normalized spacial score (nSPS) is 20.6. The highest BCUT2D eigenvalue weighted by Crippen LogP contribution is 2.16. The van der Waals surface area contributed by atoms with Crippen molar-refractivity contribution in [2.75, 3.05) is 19.8 Å². The van der Waals surface area contributed by atoms with Gasteiger partial charge in [0.05, 0.1) is 18.4 Å². The summed E-state index contributed by atoms with van der Waals surface area (Å²) in [5, 5.41) is 0. The van der Waals surface area contributed by atoms with Crippen LogP contribution in [-0.2, 0) is 28.9 Å². The zero-order valence-corrected chi connectivity index (χ0v) is 13.9. The first-order chi connectivity index (χ1) is 11.8. The monoisotopic (exact) mass is 332 g/mol. The lowest BCUT2D eigenvalue weighted by Gasteiger charge is -2.22. The predicted molar refractivity (Wildman–Crippen MR) is 88.3 cm³/mol. The number of aromatic nitrogens is 4. The molecule has 1 fully saturated rings. The Balaban J connectivity index is 1.34. The van der Waals surface area contributed by atoms with Crippen LogP contribution >= 0.6 is 0 Å². The first-order valence-corrected chi connectivity index (χ1v) is 8.98. The first-order valence-electron chi connectivity index (χ1n) is 8.98. The highest BCUT2D eigenvalue weighted by atomic mass is 16.5. The molecule has 0 amide bonds. The summed E-state index contributed by atoms with van der Waals surface area (Å²) in [6.07, 6.45) is 9.02. The molecule has 7 nitrogen and oxygen atoms in total. The summed E-state index contributed by atoms with van der Waals surface area (Å²) in [6, 6.07) is 0. The van der Waals surface area contributed by atoms with Crippen LogP contribution in [0.5, 0.6) is 0 Å². The molecule has 0 spiro atoms. The number of ether oxygens (including phenoxy) is 2. The minimum atomic E-state index is 0.0431. The minimum absolute atomic E-state index is 0.0431. The van der Waals surface area contributed by atoms with Crippen molar-refractivity contribution in [3.8, 4) is 0 Å². The Bertz CT molecular complexity index is 761. The lowest BCUT2D eigenvalue weighted by atomic mass is 10.1. The summed E-state index contributed by atoms with van der Waals surface area (Å²) in [7, 11) is 0. The highest BCUT2D eigenvalue weighted by molar-refractivity contribution is 5.33. The van der Waals surface area contributed by atoms with Crippen molar-refractivity contribution in [1.82, 2.24) is 19.2 Å². The molecule has 1 atom stereocenters. The van der Waals surface area contributed by atoms with E-state index in [1.807, 2.05) is 4.68 Å². The maximum absolute atomic E-state index is 12.6. The minimum Gasteiger partial charge on any atom is -0.379 e. The predicted octanol–water partition coefficient (Wildman–Crippen LogP) is 1.36. The smallest absolute Gasteiger partial charge is 0.277 e. The van der Waals surface area contributed by atoms with Crippen molar-refractivity contribution >= 4 is 5.78 Å². The molecule has 0 saturated carbocycles. The van der Waals surface area contributed by atoms with Gasteiger partial charge < -0.3 is 9.47 Å². The van der Waals surface area contributed by atoms with Crippen LogP contribution in [0.3, 0.4) is 0 Å². The van der Waals surface area contributed by atoms with E-state index in [4.69, 9.17) is 9.47 Å². The van der Waals surface area contributed by atoms with Crippen LogP contribution in [0.25, 0.3) is 5.78 Å². The van der Waals surface area contributed by atoms with Crippen LogP contribution < -0.4 is 5.56 Å². The molecule has 1 aliphatic heterocycles. The number of fused-ring (bicyclic) bond motifs is 2. The maximum Gasteiger partial charge on any atom is 0.277 e.